The number of hydrogen-bond acceptors (Lipinski definition) is 1. The molecule has 0 aliphatic heterocycles. The number of ether oxygens (including phenoxy) is 1. The summed E-state index contributed by atoms with van der Waals surface area (Å²) in [5.74, 6) is 3.99. The van der Waals surface area contributed by atoms with Crippen molar-refractivity contribution in [2.45, 2.75) is 90.9 Å². The predicted molar refractivity (Wildman–Crippen MR) is 91.5 cm³/mol. The van der Waals surface area contributed by atoms with Crippen molar-refractivity contribution in [3.05, 3.63) is 0 Å². The van der Waals surface area contributed by atoms with E-state index in [0.717, 1.165) is 36.9 Å². The van der Waals surface area contributed by atoms with Gasteiger partial charge in [0.05, 0.1) is 0 Å². The second-order valence-corrected chi connectivity index (χ2v) is 8.15. The molecule has 21 heavy (non-hydrogen) atoms. The fourth-order valence-electron chi connectivity index (χ4n) is 4.29. The van der Waals surface area contributed by atoms with E-state index in [0.29, 0.717) is 0 Å². The third kappa shape index (κ3) is 7.17. The van der Waals surface area contributed by atoms with Gasteiger partial charge < -0.3 is 4.74 Å². The summed E-state index contributed by atoms with van der Waals surface area (Å²) in [5, 5.41) is 0. The summed E-state index contributed by atoms with van der Waals surface area (Å²) in [6.07, 6.45) is 17.2. The highest BCUT2D eigenvalue weighted by Crippen LogP contribution is 2.32. The first-order chi connectivity index (χ1) is 10.2. The van der Waals surface area contributed by atoms with Crippen molar-refractivity contribution in [1.29, 1.82) is 0 Å². The Kier molecular flexibility index (Phi) is 8.14. The molecule has 0 atom stereocenters. The normalized spacial score (nSPS) is 34.0. The Morgan fingerprint density at radius 1 is 0.619 bits per heavy atom. The fraction of sp³-hybridized carbons (Fsp3) is 1.00. The summed E-state index contributed by atoms with van der Waals surface area (Å²) in [5.41, 5.74) is 0. The van der Waals surface area contributed by atoms with E-state index < -0.39 is 0 Å². The molecular weight excluding hydrogens is 256 g/mol. The average Bonchev–Trinajstić information content (AvgIpc) is 2.50. The maximum Gasteiger partial charge on any atom is 0.0466 e. The van der Waals surface area contributed by atoms with Gasteiger partial charge in [-0.3, -0.25) is 0 Å². The van der Waals surface area contributed by atoms with Crippen LogP contribution >= 0.6 is 0 Å². The molecule has 2 rings (SSSR count). The topological polar surface area (TPSA) is 9.23 Å². The first kappa shape index (κ1) is 17.3. The van der Waals surface area contributed by atoms with Crippen LogP contribution < -0.4 is 0 Å². The van der Waals surface area contributed by atoms with Gasteiger partial charge in [0.1, 0.15) is 0 Å². The molecule has 0 aromatic rings. The zero-order chi connectivity index (χ0) is 14.9. The first-order valence-electron chi connectivity index (χ1n) is 9.81. The molecule has 0 saturated heterocycles. The third-order valence-electron chi connectivity index (χ3n) is 6.07. The number of rotatable bonds is 8. The minimum absolute atomic E-state index is 0.986. The Hall–Kier alpha value is -0.0400. The standard InChI is InChI=1S/C20H38O/c1-17-7-11-19(12-8-17)5-3-15-21-16-4-6-20-13-9-18(2)10-14-20/h17-20H,3-16H2,1-2H3. The van der Waals surface area contributed by atoms with Crippen LogP contribution in [0.5, 0.6) is 0 Å². The zero-order valence-corrected chi connectivity index (χ0v) is 14.6. The molecular formula is C20H38O. The van der Waals surface area contributed by atoms with Crippen molar-refractivity contribution in [3.8, 4) is 0 Å². The van der Waals surface area contributed by atoms with Gasteiger partial charge in [-0.05, 0) is 49.4 Å². The maximum absolute atomic E-state index is 5.86. The van der Waals surface area contributed by atoms with E-state index >= 15 is 0 Å². The molecule has 2 fully saturated rings. The van der Waals surface area contributed by atoms with Crippen molar-refractivity contribution in [3.63, 3.8) is 0 Å². The Morgan fingerprint density at radius 2 is 1.00 bits per heavy atom. The van der Waals surface area contributed by atoms with Crippen LogP contribution in [-0.2, 0) is 4.74 Å². The van der Waals surface area contributed by atoms with Gasteiger partial charge in [-0.1, -0.05) is 65.2 Å². The Balaban J connectivity index is 1.37. The van der Waals surface area contributed by atoms with E-state index in [1.807, 2.05) is 0 Å². The van der Waals surface area contributed by atoms with Crippen LogP contribution in [0.3, 0.4) is 0 Å². The predicted octanol–water partition coefficient (Wildman–Crippen LogP) is 6.22. The molecule has 2 aliphatic carbocycles. The SMILES string of the molecule is CC1CCC(CCCOCCCC2CCC(C)CC2)CC1. The van der Waals surface area contributed by atoms with Crippen LogP contribution in [0.15, 0.2) is 0 Å². The molecule has 0 aromatic heterocycles. The van der Waals surface area contributed by atoms with Crippen LogP contribution in [0, 0.1) is 23.7 Å². The molecule has 0 radical (unpaired) electrons. The maximum atomic E-state index is 5.86. The lowest BCUT2D eigenvalue weighted by molar-refractivity contribution is 0.114. The quantitative estimate of drug-likeness (QED) is 0.483. The fourth-order valence-corrected chi connectivity index (χ4v) is 4.29. The summed E-state index contributed by atoms with van der Waals surface area (Å²) in [7, 11) is 0. The van der Waals surface area contributed by atoms with Gasteiger partial charge >= 0.3 is 0 Å². The van der Waals surface area contributed by atoms with E-state index in [4.69, 9.17) is 4.74 Å². The lowest BCUT2D eigenvalue weighted by atomic mass is 9.81. The van der Waals surface area contributed by atoms with E-state index in [1.165, 1.54) is 77.0 Å². The Bertz CT molecular complexity index is 221. The molecule has 0 aromatic carbocycles. The van der Waals surface area contributed by atoms with Crippen LogP contribution in [0.1, 0.15) is 90.9 Å². The molecule has 124 valence electrons. The second-order valence-electron chi connectivity index (χ2n) is 8.15. The van der Waals surface area contributed by atoms with Crippen molar-refractivity contribution in [2.75, 3.05) is 13.2 Å². The molecule has 2 saturated carbocycles. The zero-order valence-electron chi connectivity index (χ0n) is 14.6. The van der Waals surface area contributed by atoms with Gasteiger partial charge in [-0.2, -0.15) is 0 Å². The molecule has 0 bridgehead atoms. The van der Waals surface area contributed by atoms with E-state index in [2.05, 4.69) is 13.8 Å². The molecule has 0 heterocycles. The minimum Gasteiger partial charge on any atom is -0.381 e. The first-order valence-corrected chi connectivity index (χ1v) is 9.81. The molecule has 0 N–H and O–H groups in total. The van der Waals surface area contributed by atoms with E-state index in [1.54, 1.807) is 0 Å². The molecule has 0 amide bonds. The minimum atomic E-state index is 0.986. The Labute approximate surface area is 133 Å². The third-order valence-corrected chi connectivity index (χ3v) is 6.07. The van der Waals surface area contributed by atoms with Gasteiger partial charge in [0.25, 0.3) is 0 Å². The molecule has 2 aliphatic rings. The van der Waals surface area contributed by atoms with Crippen molar-refractivity contribution < 1.29 is 4.74 Å². The molecule has 1 nitrogen and oxygen atoms in total. The van der Waals surface area contributed by atoms with Gasteiger partial charge in [-0.25, -0.2) is 0 Å². The largest absolute Gasteiger partial charge is 0.381 e. The highest BCUT2D eigenvalue weighted by Gasteiger charge is 2.18. The molecule has 1 heteroatoms. The van der Waals surface area contributed by atoms with Gasteiger partial charge in [-0.15, -0.1) is 0 Å². The van der Waals surface area contributed by atoms with Gasteiger partial charge in [0.2, 0.25) is 0 Å². The highest BCUT2D eigenvalue weighted by molar-refractivity contribution is 4.71. The summed E-state index contributed by atoms with van der Waals surface area (Å²) < 4.78 is 5.86. The van der Waals surface area contributed by atoms with Crippen molar-refractivity contribution in [1.82, 2.24) is 0 Å². The lowest BCUT2D eigenvalue weighted by Gasteiger charge is -2.26. The summed E-state index contributed by atoms with van der Waals surface area (Å²) in [6.45, 7) is 6.83. The smallest absolute Gasteiger partial charge is 0.0466 e. The summed E-state index contributed by atoms with van der Waals surface area (Å²) >= 11 is 0. The monoisotopic (exact) mass is 294 g/mol. The average molecular weight is 295 g/mol. The van der Waals surface area contributed by atoms with Gasteiger partial charge in [0.15, 0.2) is 0 Å². The lowest BCUT2D eigenvalue weighted by Crippen LogP contribution is -2.13. The summed E-state index contributed by atoms with van der Waals surface area (Å²) in [6, 6.07) is 0. The van der Waals surface area contributed by atoms with E-state index in [-0.39, 0.29) is 0 Å². The number of hydrogen-bond donors (Lipinski definition) is 0. The van der Waals surface area contributed by atoms with Crippen molar-refractivity contribution in [2.24, 2.45) is 23.7 Å². The van der Waals surface area contributed by atoms with Crippen LogP contribution in [-0.4, -0.2) is 13.2 Å². The molecule has 0 unspecified atom stereocenters. The van der Waals surface area contributed by atoms with Crippen LogP contribution in [0.25, 0.3) is 0 Å². The van der Waals surface area contributed by atoms with Crippen LogP contribution in [0.2, 0.25) is 0 Å². The Morgan fingerprint density at radius 3 is 1.38 bits per heavy atom. The van der Waals surface area contributed by atoms with Gasteiger partial charge in [0, 0.05) is 13.2 Å². The second kappa shape index (κ2) is 9.87. The molecule has 0 spiro atoms. The summed E-state index contributed by atoms with van der Waals surface area (Å²) in [4.78, 5) is 0. The highest BCUT2D eigenvalue weighted by atomic mass is 16.5. The van der Waals surface area contributed by atoms with Crippen LogP contribution in [0.4, 0.5) is 0 Å². The van der Waals surface area contributed by atoms with Crippen molar-refractivity contribution >= 4 is 0 Å². The van der Waals surface area contributed by atoms with E-state index in [9.17, 15) is 0 Å².